The van der Waals surface area contributed by atoms with Crippen LogP contribution in [-0.4, -0.2) is 71.0 Å². The molecule has 0 saturated carbocycles. The van der Waals surface area contributed by atoms with Gasteiger partial charge < -0.3 is 38.3 Å². The number of thiol groups is 1. The van der Waals surface area contributed by atoms with Gasteiger partial charge in [0.1, 0.15) is 18.1 Å². The van der Waals surface area contributed by atoms with Crippen LogP contribution in [0.5, 0.6) is 0 Å². The highest BCUT2D eigenvalue weighted by Crippen LogP contribution is 2.01. The van der Waals surface area contributed by atoms with Gasteiger partial charge in [-0.3, -0.25) is 24.0 Å². The lowest BCUT2D eigenvalue weighted by atomic mass is 10.1. The van der Waals surface area contributed by atoms with Crippen LogP contribution in [0.3, 0.4) is 0 Å². The molecule has 0 aliphatic heterocycles. The van der Waals surface area contributed by atoms with Crippen molar-refractivity contribution in [2.24, 2.45) is 17.2 Å². The molecule has 0 aromatic heterocycles. The number of aliphatic carboxylic acids is 1. The molecule has 14 heteroatoms. The molecule has 3 unspecified atom stereocenters. The minimum atomic E-state index is -1.42. The van der Waals surface area contributed by atoms with E-state index in [0.717, 1.165) is 0 Å². The van der Waals surface area contributed by atoms with Gasteiger partial charge in [-0.25, -0.2) is 4.79 Å². The van der Waals surface area contributed by atoms with Crippen LogP contribution in [0.15, 0.2) is 0 Å². The van der Waals surface area contributed by atoms with Gasteiger partial charge in [0.05, 0.1) is 13.0 Å². The molecule has 0 aliphatic rings. The lowest BCUT2D eigenvalue weighted by Gasteiger charge is -2.23. The maximum absolute atomic E-state index is 12.3. The number of carboxylic acid groups (broad SMARTS) is 1. The minimum Gasteiger partial charge on any atom is -0.480 e. The van der Waals surface area contributed by atoms with Crippen LogP contribution in [0.2, 0.25) is 0 Å². The van der Waals surface area contributed by atoms with E-state index in [2.05, 4.69) is 28.6 Å². The lowest BCUT2D eigenvalue weighted by molar-refractivity contribution is -0.142. The van der Waals surface area contributed by atoms with E-state index >= 15 is 0 Å². The van der Waals surface area contributed by atoms with Gasteiger partial charge in [-0.15, -0.1) is 0 Å². The largest absolute Gasteiger partial charge is 0.480 e. The summed E-state index contributed by atoms with van der Waals surface area (Å²) < 4.78 is 0. The Morgan fingerprint density at radius 2 is 1.39 bits per heavy atom. The quantitative estimate of drug-likeness (QED) is 0.135. The van der Waals surface area contributed by atoms with Gasteiger partial charge in [0.25, 0.3) is 0 Å². The Bertz CT molecular complexity index is 629. The molecule has 28 heavy (non-hydrogen) atoms. The van der Waals surface area contributed by atoms with Crippen molar-refractivity contribution < 1.29 is 33.9 Å². The summed E-state index contributed by atoms with van der Waals surface area (Å²) >= 11 is 3.92. The first-order valence-corrected chi connectivity index (χ1v) is 8.65. The fourth-order valence-corrected chi connectivity index (χ4v) is 2.20. The van der Waals surface area contributed by atoms with Gasteiger partial charge in [-0.05, 0) is 6.42 Å². The van der Waals surface area contributed by atoms with E-state index in [9.17, 15) is 28.8 Å². The Balaban J connectivity index is 5.09. The molecule has 0 aliphatic carbocycles. The molecule has 0 rings (SSSR count). The smallest absolute Gasteiger partial charge is 0.326 e. The molecule has 0 saturated heterocycles. The van der Waals surface area contributed by atoms with Crippen molar-refractivity contribution >= 4 is 48.1 Å². The molecule has 0 spiro atoms. The summed E-state index contributed by atoms with van der Waals surface area (Å²) in [7, 11) is 0. The Labute approximate surface area is 165 Å². The molecular weight excluding hydrogens is 396 g/mol. The first-order valence-electron chi connectivity index (χ1n) is 8.02. The standard InChI is InChI=1S/C14H24N6O7S/c15-4-11(23)18-7(3-10(17)22)12(24)20-8(5-28)13(25)19-6(14(26)27)1-2-9(16)21/h6-8,28H,1-5,15H2,(H2,16,21)(H2,17,22)(H,18,23)(H,19,25)(H,20,24)(H,26,27). The number of hydrogen-bond acceptors (Lipinski definition) is 8. The molecule has 0 radical (unpaired) electrons. The monoisotopic (exact) mass is 420 g/mol. The number of hydrogen-bond donors (Lipinski definition) is 8. The van der Waals surface area contributed by atoms with Crippen LogP contribution in [0.4, 0.5) is 0 Å². The summed E-state index contributed by atoms with van der Waals surface area (Å²) in [5, 5.41) is 15.7. The molecular formula is C14H24N6O7S. The molecule has 5 amide bonds. The SMILES string of the molecule is NCC(=O)NC(CC(N)=O)C(=O)NC(CS)C(=O)NC(CCC(N)=O)C(=O)O. The van der Waals surface area contributed by atoms with E-state index in [1.54, 1.807) is 0 Å². The van der Waals surface area contributed by atoms with Crippen molar-refractivity contribution in [3.63, 3.8) is 0 Å². The van der Waals surface area contributed by atoms with Gasteiger partial charge >= 0.3 is 5.97 Å². The second-order valence-electron chi connectivity index (χ2n) is 5.64. The van der Waals surface area contributed by atoms with Gasteiger partial charge in [0.2, 0.25) is 29.5 Å². The fourth-order valence-electron chi connectivity index (χ4n) is 1.95. The van der Waals surface area contributed by atoms with Crippen LogP contribution in [-0.2, 0) is 28.8 Å². The van der Waals surface area contributed by atoms with Crippen LogP contribution in [0.1, 0.15) is 19.3 Å². The van der Waals surface area contributed by atoms with Gasteiger partial charge in [-0.1, -0.05) is 0 Å². The van der Waals surface area contributed by atoms with Crippen molar-refractivity contribution in [3.8, 4) is 0 Å². The van der Waals surface area contributed by atoms with Crippen molar-refractivity contribution in [1.82, 2.24) is 16.0 Å². The Kier molecular flexibility index (Phi) is 11.2. The number of carboxylic acids is 1. The Morgan fingerprint density at radius 1 is 0.857 bits per heavy atom. The molecule has 0 aromatic carbocycles. The number of nitrogens with one attached hydrogen (secondary N) is 3. The van der Waals surface area contributed by atoms with Gasteiger partial charge in [-0.2, -0.15) is 12.6 Å². The highest BCUT2D eigenvalue weighted by atomic mass is 32.1. The third-order valence-electron chi connectivity index (χ3n) is 3.35. The van der Waals surface area contributed by atoms with E-state index in [1.165, 1.54) is 0 Å². The minimum absolute atomic E-state index is 0.228. The summed E-state index contributed by atoms with van der Waals surface area (Å²) in [6, 6.07) is -4.09. The normalized spacial score (nSPS) is 13.5. The second kappa shape index (κ2) is 12.5. The highest BCUT2D eigenvalue weighted by Gasteiger charge is 2.29. The molecule has 0 bridgehead atoms. The third kappa shape index (κ3) is 9.72. The summed E-state index contributed by atoms with van der Waals surface area (Å²) in [6.45, 7) is -0.445. The highest BCUT2D eigenvalue weighted by molar-refractivity contribution is 7.80. The van der Waals surface area contributed by atoms with E-state index < -0.39 is 66.6 Å². The first kappa shape index (κ1) is 25.1. The zero-order valence-corrected chi connectivity index (χ0v) is 15.7. The lowest BCUT2D eigenvalue weighted by Crippen LogP contribution is -2.57. The van der Waals surface area contributed by atoms with Crippen LogP contribution >= 0.6 is 12.6 Å². The summed E-state index contributed by atoms with van der Waals surface area (Å²) in [5.41, 5.74) is 15.1. The van der Waals surface area contributed by atoms with Crippen molar-refractivity contribution in [2.45, 2.75) is 37.4 Å². The van der Waals surface area contributed by atoms with E-state index in [1.807, 2.05) is 0 Å². The molecule has 158 valence electrons. The fraction of sp³-hybridized carbons (Fsp3) is 0.571. The van der Waals surface area contributed by atoms with E-state index in [4.69, 9.17) is 22.3 Å². The molecule has 0 heterocycles. The molecule has 13 nitrogen and oxygen atoms in total. The predicted molar refractivity (Wildman–Crippen MR) is 98.6 cm³/mol. The van der Waals surface area contributed by atoms with Crippen LogP contribution < -0.4 is 33.2 Å². The van der Waals surface area contributed by atoms with E-state index in [-0.39, 0.29) is 18.6 Å². The van der Waals surface area contributed by atoms with E-state index in [0.29, 0.717) is 0 Å². The van der Waals surface area contributed by atoms with Gasteiger partial charge in [0.15, 0.2) is 0 Å². The third-order valence-corrected chi connectivity index (χ3v) is 3.72. The summed E-state index contributed by atoms with van der Waals surface area (Å²) in [6.07, 6.45) is -1.07. The number of carbonyl (C=O) groups is 6. The average Bonchev–Trinajstić information content (AvgIpc) is 2.60. The number of primary amides is 2. The molecule has 10 N–H and O–H groups in total. The zero-order chi connectivity index (χ0) is 21.9. The Hall–Kier alpha value is -2.87. The van der Waals surface area contributed by atoms with Crippen LogP contribution in [0.25, 0.3) is 0 Å². The predicted octanol–water partition coefficient (Wildman–Crippen LogP) is -4.45. The second-order valence-corrected chi connectivity index (χ2v) is 6.01. The number of amides is 5. The average molecular weight is 420 g/mol. The zero-order valence-electron chi connectivity index (χ0n) is 14.8. The van der Waals surface area contributed by atoms with Crippen LogP contribution in [0, 0.1) is 0 Å². The number of rotatable bonds is 13. The summed E-state index contributed by atoms with van der Waals surface area (Å²) in [4.78, 5) is 68.9. The van der Waals surface area contributed by atoms with Crippen molar-refractivity contribution in [1.29, 1.82) is 0 Å². The van der Waals surface area contributed by atoms with Crippen molar-refractivity contribution in [2.75, 3.05) is 12.3 Å². The first-order chi connectivity index (χ1) is 13.0. The maximum atomic E-state index is 12.3. The van der Waals surface area contributed by atoms with Gasteiger partial charge in [0, 0.05) is 12.2 Å². The van der Waals surface area contributed by atoms with Crippen molar-refractivity contribution in [3.05, 3.63) is 0 Å². The Morgan fingerprint density at radius 3 is 1.82 bits per heavy atom. The topological polar surface area (TPSA) is 237 Å². The number of carbonyl (C=O) groups excluding carboxylic acids is 5. The summed E-state index contributed by atoms with van der Waals surface area (Å²) in [5.74, 6) is -5.81. The molecule has 0 fully saturated rings. The number of nitrogens with two attached hydrogens (primary N) is 3. The molecule has 3 atom stereocenters. The molecule has 0 aromatic rings. The maximum Gasteiger partial charge on any atom is 0.326 e.